The second kappa shape index (κ2) is 6.05. The number of hydrogen-bond acceptors (Lipinski definition) is 5. The van der Waals surface area contributed by atoms with E-state index >= 15 is 0 Å². The molecule has 3 atom stereocenters. The van der Waals surface area contributed by atoms with Crippen molar-refractivity contribution in [2.75, 3.05) is 0 Å². The number of ether oxygens (including phenoxy) is 1. The minimum absolute atomic E-state index is 0.0228. The molecule has 1 aromatic rings. The second-order valence-electron chi connectivity index (χ2n) is 5.42. The van der Waals surface area contributed by atoms with Gasteiger partial charge < -0.3 is 15.2 Å². The number of hydrogen-bond donors (Lipinski definition) is 3. The van der Waals surface area contributed by atoms with Crippen molar-refractivity contribution in [1.82, 2.24) is 14.9 Å². The number of carbonyl (C=O) groups is 1. The maximum Gasteiger partial charge on any atom is 0.332 e. The molecule has 0 aliphatic carbocycles. The van der Waals surface area contributed by atoms with Crippen LogP contribution in [0.15, 0.2) is 15.8 Å². The van der Waals surface area contributed by atoms with Crippen LogP contribution in [0.3, 0.4) is 0 Å². The molecule has 8 heteroatoms. The lowest BCUT2D eigenvalue weighted by molar-refractivity contribution is -0.150. The Morgan fingerprint density at radius 3 is 2.73 bits per heavy atom. The van der Waals surface area contributed by atoms with Gasteiger partial charge in [-0.05, 0) is 13.3 Å². The van der Waals surface area contributed by atoms with E-state index in [2.05, 4.69) is 10.3 Å². The molecule has 0 radical (unpaired) electrons. The summed E-state index contributed by atoms with van der Waals surface area (Å²) in [5.41, 5.74) is -0.769. The number of rotatable bonds is 4. The van der Waals surface area contributed by atoms with Crippen LogP contribution in [0.1, 0.15) is 39.2 Å². The number of H-pyrrole nitrogens is 1. The van der Waals surface area contributed by atoms with E-state index in [0.29, 0.717) is 12.0 Å². The Kier molecular flexibility index (Phi) is 4.52. The van der Waals surface area contributed by atoms with E-state index in [4.69, 9.17) is 4.74 Å². The van der Waals surface area contributed by atoms with Crippen molar-refractivity contribution in [3.05, 3.63) is 32.6 Å². The van der Waals surface area contributed by atoms with Crippen LogP contribution in [0.5, 0.6) is 0 Å². The monoisotopic (exact) mass is 311 g/mol. The van der Waals surface area contributed by atoms with Crippen LogP contribution >= 0.6 is 0 Å². The summed E-state index contributed by atoms with van der Waals surface area (Å²) in [6.45, 7) is 5.11. The zero-order valence-corrected chi connectivity index (χ0v) is 12.9. The van der Waals surface area contributed by atoms with Crippen molar-refractivity contribution >= 4 is 5.91 Å². The first-order valence-corrected chi connectivity index (χ1v) is 7.35. The molecule has 122 valence electrons. The van der Waals surface area contributed by atoms with Gasteiger partial charge in [0.25, 0.3) is 5.56 Å². The second-order valence-corrected chi connectivity index (χ2v) is 5.42. The van der Waals surface area contributed by atoms with Gasteiger partial charge in [0.05, 0.1) is 12.2 Å². The fourth-order valence-electron chi connectivity index (χ4n) is 2.52. The first kappa shape index (κ1) is 16.4. The molecule has 1 aliphatic rings. The van der Waals surface area contributed by atoms with E-state index in [1.54, 1.807) is 20.8 Å². The zero-order valence-electron chi connectivity index (χ0n) is 12.9. The van der Waals surface area contributed by atoms with E-state index in [1.165, 1.54) is 6.20 Å². The Morgan fingerprint density at radius 1 is 1.55 bits per heavy atom. The Hall–Kier alpha value is -1.93. The number of nitrogens with one attached hydrogen (secondary N) is 2. The van der Waals surface area contributed by atoms with E-state index in [0.717, 1.165) is 4.57 Å². The van der Waals surface area contributed by atoms with Crippen LogP contribution in [0, 0.1) is 0 Å². The molecule has 1 fully saturated rings. The van der Waals surface area contributed by atoms with Crippen LogP contribution in [0.2, 0.25) is 0 Å². The SMILES string of the molecule is CCC(=O)N[C@]1(n2cc(CC)c(=O)[nH]c2=O)C[C@H](O)[C@@H](C)O1. The van der Waals surface area contributed by atoms with Gasteiger partial charge in [-0.25, -0.2) is 4.79 Å². The number of carbonyl (C=O) groups excluding carboxylic acids is 1. The molecule has 22 heavy (non-hydrogen) atoms. The predicted octanol–water partition coefficient (Wildman–Crippen LogP) is -0.595. The lowest BCUT2D eigenvalue weighted by atomic mass is 10.1. The maximum absolute atomic E-state index is 12.2. The number of aromatic amines is 1. The number of aliphatic hydroxyl groups is 1. The van der Waals surface area contributed by atoms with Crippen molar-refractivity contribution in [2.24, 2.45) is 0 Å². The van der Waals surface area contributed by atoms with Crippen LogP contribution < -0.4 is 16.6 Å². The highest BCUT2D eigenvalue weighted by Gasteiger charge is 2.47. The molecular formula is C14H21N3O5. The third-order valence-corrected chi connectivity index (χ3v) is 3.85. The first-order chi connectivity index (χ1) is 10.3. The molecule has 2 rings (SSSR count). The summed E-state index contributed by atoms with van der Waals surface area (Å²) >= 11 is 0. The molecule has 0 unspecified atom stereocenters. The molecule has 0 aromatic carbocycles. The third kappa shape index (κ3) is 2.84. The summed E-state index contributed by atoms with van der Waals surface area (Å²) in [7, 11) is 0. The Morgan fingerprint density at radius 2 is 2.23 bits per heavy atom. The van der Waals surface area contributed by atoms with Crippen molar-refractivity contribution < 1.29 is 14.6 Å². The van der Waals surface area contributed by atoms with Gasteiger partial charge in [0.1, 0.15) is 0 Å². The average Bonchev–Trinajstić information content (AvgIpc) is 2.74. The molecule has 3 N–H and O–H groups in total. The fourth-order valence-corrected chi connectivity index (χ4v) is 2.52. The van der Waals surface area contributed by atoms with Crippen LogP contribution in [-0.2, 0) is 21.8 Å². The molecule has 1 aliphatic heterocycles. The van der Waals surface area contributed by atoms with Gasteiger partial charge in [-0.15, -0.1) is 0 Å². The fraction of sp³-hybridized carbons (Fsp3) is 0.643. The summed E-state index contributed by atoms with van der Waals surface area (Å²) in [5.74, 6) is -1.81. The highest BCUT2D eigenvalue weighted by atomic mass is 16.6. The Bertz CT molecular complexity index is 668. The quantitative estimate of drug-likeness (QED) is 0.687. The van der Waals surface area contributed by atoms with Crippen LogP contribution in [0.4, 0.5) is 0 Å². The van der Waals surface area contributed by atoms with Gasteiger partial charge in [-0.2, -0.15) is 0 Å². The largest absolute Gasteiger partial charge is 0.390 e. The van der Waals surface area contributed by atoms with Crippen molar-refractivity contribution in [3.8, 4) is 0 Å². The lowest BCUT2D eigenvalue weighted by Crippen LogP contribution is -2.55. The maximum atomic E-state index is 12.2. The van der Waals surface area contributed by atoms with Gasteiger partial charge in [-0.1, -0.05) is 13.8 Å². The normalized spacial score (nSPS) is 27.8. The summed E-state index contributed by atoms with van der Waals surface area (Å²) in [6, 6.07) is 0. The van der Waals surface area contributed by atoms with Gasteiger partial charge in [0.2, 0.25) is 11.8 Å². The predicted molar refractivity (Wildman–Crippen MR) is 78.3 cm³/mol. The molecule has 0 saturated carbocycles. The van der Waals surface area contributed by atoms with E-state index in [-0.39, 0.29) is 18.7 Å². The smallest absolute Gasteiger partial charge is 0.332 e. The van der Waals surface area contributed by atoms with Gasteiger partial charge in [0, 0.05) is 24.6 Å². The number of aromatic nitrogens is 2. The van der Waals surface area contributed by atoms with Crippen LogP contribution in [0.25, 0.3) is 0 Å². The molecule has 0 spiro atoms. The van der Waals surface area contributed by atoms with Crippen LogP contribution in [-0.4, -0.2) is 32.8 Å². The molecular weight excluding hydrogens is 290 g/mol. The topological polar surface area (TPSA) is 113 Å². The van der Waals surface area contributed by atoms with Gasteiger partial charge in [-0.3, -0.25) is 19.1 Å². The molecule has 1 saturated heterocycles. The Balaban J connectivity index is 2.58. The number of aliphatic hydroxyl groups excluding tert-OH is 1. The lowest BCUT2D eigenvalue weighted by Gasteiger charge is -2.31. The van der Waals surface area contributed by atoms with E-state index < -0.39 is 29.3 Å². The van der Waals surface area contributed by atoms with Gasteiger partial charge in [0.15, 0.2) is 0 Å². The standard InChI is InChI=1S/C14H21N3O5/c1-4-9-7-17(13(21)15-12(9)20)14(16-11(19)5-2)6-10(18)8(3)22-14/h7-8,10,18H,4-6H2,1-3H3,(H,16,19)(H,15,20,21)/t8-,10+,14+/m1/s1. The summed E-state index contributed by atoms with van der Waals surface area (Å²) in [6.07, 6.45) is 0.638. The number of nitrogens with zero attached hydrogens (tertiary/aromatic N) is 1. The summed E-state index contributed by atoms with van der Waals surface area (Å²) < 4.78 is 6.85. The van der Waals surface area contributed by atoms with E-state index in [9.17, 15) is 19.5 Å². The van der Waals surface area contributed by atoms with Crippen molar-refractivity contribution in [3.63, 3.8) is 0 Å². The molecule has 1 amide bonds. The highest BCUT2D eigenvalue weighted by Crippen LogP contribution is 2.32. The minimum Gasteiger partial charge on any atom is -0.390 e. The summed E-state index contributed by atoms with van der Waals surface area (Å²) in [5, 5.41) is 12.6. The third-order valence-electron chi connectivity index (χ3n) is 3.85. The molecule has 0 bridgehead atoms. The minimum atomic E-state index is -1.49. The highest BCUT2D eigenvalue weighted by molar-refractivity contribution is 5.76. The zero-order chi connectivity index (χ0) is 16.5. The van der Waals surface area contributed by atoms with Crippen molar-refractivity contribution in [2.45, 2.75) is 58.1 Å². The Labute approximate surface area is 127 Å². The van der Waals surface area contributed by atoms with E-state index in [1.807, 2.05) is 0 Å². The molecule has 8 nitrogen and oxygen atoms in total. The number of amides is 1. The molecule has 2 heterocycles. The molecule has 1 aromatic heterocycles. The number of aryl methyl sites for hydroxylation is 1. The van der Waals surface area contributed by atoms with Crippen molar-refractivity contribution in [1.29, 1.82) is 0 Å². The average molecular weight is 311 g/mol. The summed E-state index contributed by atoms with van der Waals surface area (Å²) in [4.78, 5) is 37.9. The van der Waals surface area contributed by atoms with Gasteiger partial charge >= 0.3 is 5.69 Å². The first-order valence-electron chi connectivity index (χ1n) is 7.35.